The highest BCUT2D eigenvalue weighted by atomic mass is 16.3. The van der Waals surface area contributed by atoms with Crippen LogP contribution in [0.5, 0.6) is 5.75 Å². The molecule has 1 amide bonds. The lowest BCUT2D eigenvalue weighted by molar-refractivity contribution is 0.0946. The van der Waals surface area contributed by atoms with Crippen LogP contribution in [0.25, 0.3) is 10.8 Å². The maximum atomic E-state index is 11.9. The first-order valence-corrected chi connectivity index (χ1v) is 6.08. The smallest absolute Gasteiger partial charge is 0.255 e. The van der Waals surface area contributed by atoms with Crippen LogP contribution in [0.2, 0.25) is 0 Å². The van der Waals surface area contributed by atoms with Crippen molar-refractivity contribution in [2.24, 2.45) is 5.92 Å². The highest BCUT2D eigenvalue weighted by molar-refractivity contribution is 6.03. The number of phenols is 1. The maximum absolute atomic E-state index is 11.9. The lowest BCUT2D eigenvalue weighted by atomic mass is 10.0. The van der Waals surface area contributed by atoms with Gasteiger partial charge in [-0.25, -0.2) is 0 Å². The Kier molecular flexibility index (Phi) is 3.51. The van der Waals surface area contributed by atoms with E-state index in [0.29, 0.717) is 23.4 Å². The number of fused-ring (bicyclic) bond motifs is 1. The number of carbonyl (C=O) groups excluding carboxylic acids is 1. The summed E-state index contributed by atoms with van der Waals surface area (Å²) in [6.07, 6.45) is 0. The Bertz CT molecular complexity index is 576. The Morgan fingerprint density at radius 1 is 1.22 bits per heavy atom. The predicted octanol–water partition coefficient (Wildman–Crippen LogP) is 2.93. The Balaban J connectivity index is 2.34. The summed E-state index contributed by atoms with van der Waals surface area (Å²) < 4.78 is 0. The van der Waals surface area contributed by atoms with Crippen LogP contribution in [0.3, 0.4) is 0 Å². The highest BCUT2D eigenvalue weighted by Crippen LogP contribution is 2.28. The van der Waals surface area contributed by atoms with E-state index in [2.05, 4.69) is 5.32 Å². The Hall–Kier alpha value is -2.03. The van der Waals surface area contributed by atoms with Crippen molar-refractivity contribution >= 4 is 16.7 Å². The first kappa shape index (κ1) is 12.4. The summed E-state index contributed by atoms with van der Waals surface area (Å²) in [4.78, 5) is 11.9. The van der Waals surface area contributed by atoms with Crippen molar-refractivity contribution in [3.05, 3.63) is 42.0 Å². The number of nitrogens with one attached hydrogen (secondary N) is 1. The van der Waals surface area contributed by atoms with Crippen LogP contribution in [0.4, 0.5) is 0 Å². The number of hydrogen-bond donors (Lipinski definition) is 2. The molecule has 0 radical (unpaired) electrons. The summed E-state index contributed by atoms with van der Waals surface area (Å²) in [6.45, 7) is 4.66. The van der Waals surface area contributed by atoms with Crippen LogP contribution < -0.4 is 5.32 Å². The standard InChI is InChI=1S/C15H17NO2/c1-10(2)9-16-15(18)13-8-7-11-5-3-4-6-12(11)14(13)17/h3-8,10,17H,9H2,1-2H3,(H,16,18). The zero-order valence-electron chi connectivity index (χ0n) is 10.6. The van der Waals surface area contributed by atoms with E-state index < -0.39 is 0 Å². The normalized spacial score (nSPS) is 10.8. The van der Waals surface area contributed by atoms with Crippen molar-refractivity contribution in [2.75, 3.05) is 6.54 Å². The second-order valence-electron chi connectivity index (χ2n) is 4.79. The summed E-state index contributed by atoms with van der Waals surface area (Å²) in [5, 5.41) is 14.6. The van der Waals surface area contributed by atoms with Crippen molar-refractivity contribution in [2.45, 2.75) is 13.8 Å². The summed E-state index contributed by atoms with van der Waals surface area (Å²) >= 11 is 0. The molecule has 2 rings (SSSR count). The maximum Gasteiger partial charge on any atom is 0.255 e. The lowest BCUT2D eigenvalue weighted by Gasteiger charge is -2.10. The van der Waals surface area contributed by atoms with Crippen molar-refractivity contribution in [3.63, 3.8) is 0 Å². The molecular formula is C15H17NO2. The fourth-order valence-corrected chi connectivity index (χ4v) is 1.83. The molecule has 0 atom stereocenters. The average Bonchev–Trinajstić information content (AvgIpc) is 2.37. The van der Waals surface area contributed by atoms with Gasteiger partial charge >= 0.3 is 0 Å². The molecule has 0 unspecified atom stereocenters. The van der Waals surface area contributed by atoms with Gasteiger partial charge in [0.15, 0.2) is 0 Å². The lowest BCUT2D eigenvalue weighted by Crippen LogP contribution is -2.27. The first-order chi connectivity index (χ1) is 8.59. The van der Waals surface area contributed by atoms with Gasteiger partial charge < -0.3 is 10.4 Å². The van der Waals surface area contributed by atoms with Gasteiger partial charge in [0.1, 0.15) is 5.75 Å². The van der Waals surface area contributed by atoms with Gasteiger partial charge in [-0.3, -0.25) is 4.79 Å². The van der Waals surface area contributed by atoms with Crippen LogP contribution in [-0.4, -0.2) is 17.6 Å². The third-order valence-corrected chi connectivity index (χ3v) is 2.82. The number of hydrogen-bond acceptors (Lipinski definition) is 2. The SMILES string of the molecule is CC(C)CNC(=O)c1ccc2ccccc2c1O. The molecule has 2 aromatic rings. The number of phenolic OH excluding ortho intramolecular Hbond substituents is 1. The molecule has 0 bridgehead atoms. The minimum absolute atomic E-state index is 0.0503. The van der Waals surface area contributed by atoms with Crippen LogP contribution in [-0.2, 0) is 0 Å². The van der Waals surface area contributed by atoms with E-state index in [1.807, 2.05) is 44.2 Å². The molecule has 0 heterocycles. The topological polar surface area (TPSA) is 49.3 Å². The third-order valence-electron chi connectivity index (χ3n) is 2.82. The Morgan fingerprint density at radius 3 is 2.67 bits per heavy atom. The molecule has 18 heavy (non-hydrogen) atoms. The van der Waals surface area contributed by atoms with Crippen LogP contribution in [0, 0.1) is 5.92 Å². The van der Waals surface area contributed by atoms with Crippen molar-refractivity contribution in [1.82, 2.24) is 5.32 Å². The summed E-state index contributed by atoms with van der Waals surface area (Å²) in [7, 11) is 0. The monoisotopic (exact) mass is 243 g/mol. The van der Waals surface area contributed by atoms with Gasteiger partial charge in [0.2, 0.25) is 0 Å². The second kappa shape index (κ2) is 5.08. The summed E-state index contributed by atoms with van der Waals surface area (Å²) in [5.74, 6) is 0.206. The molecule has 0 aliphatic heterocycles. The number of aromatic hydroxyl groups is 1. The summed E-state index contributed by atoms with van der Waals surface area (Å²) in [5.41, 5.74) is 0.328. The van der Waals surface area contributed by atoms with Gasteiger partial charge in [-0.1, -0.05) is 44.2 Å². The number of carbonyl (C=O) groups is 1. The van der Waals surface area contributed by atoms with Crippen LogP contribution in [0.15, 0.2) is 36.4 Å². The van der Waals surface area contributed by atoms with E-state index in [1.165, 1.54) is 0 Å². The molecule has 2 aromatic carbocycles. The van der Waals surface area contributed by atoms with Crippen molar-refractivity contribution in [1.29, 1.82) is 0 Å². The molecule has 0 aliphatic rings. The minimum atomic E-state index is -0.230. The molecule has 2 N–H and O–H groups in total. The summed E-state index contributed by atoms with van der Waals surface area (Å²) in [6, 6.07) is 11.0. The number of benzene rings is 2. The molecule has 3 nitrogen and oxygen atoms in total. The van der Waals surface area contributed by atoms with Crippen molar-refractivity contribution in [3.8, 4) is 5.75 Å². The van der Waals surface area contributed by atoms with E-state index in [9.17, 15) is 9.90 Å². The minimum Gasteiger partial charge on any atom is -0.506 e. The van der Waals surface area contributed by atoms with Gasteiger partial charge in [0, 0.05) is 11.9 Å². The molecule has 3 heteroatoms. The zero-order valence-corrected chi connectivity index (χ0v) is 10.6. The molecule has 0 aromatic heterocycles. The van der Waals surface area contributed by atoms with E-state index in [1.54, 1.807) is 6.07 Å². The van der Waals surface area contributed by atoms with Crippen molar-refractivity contribution < 1.29 is 9.90 Å². The molecule has 0 spiro atoms. The van der Waals surface area contributed by atoms with Crippen LogP contribution in [0.1, 0.15) is 24.2 Å². The van der Waals surface area contributed by atoms with E-state index >= 15 is 0 Å². The molecule has 94 valence electrons. The molecule has 0 fully saturated rings. The first-order valence-electron chi connectivity index (χ1n) is 6.08. The molecule has 0 aliphatic carbocycles. The molecular weight excluding hydrogens is 226 g/mol. The van der Waals surface area contributed by atoms with Gasteiger partial charge in [-0.2, -0.15) is 0 Å². The predicted molar refractivity (Wildman–Crippen MR) is 72.8 cm³/mol. The number of rotatable bonds is 3. The van der Waals surface area contributed by atoms with Gasteiger partial charge in [-0.15, -0.1) is 0 Å². The molecule has 0 saturated carbocycles. The van der Waals surface area contributed by atoms with Gasteiger partial charge in [0.25, 0.3) is 5.91 Å². The third kappa shape index (κ3) is 2.45. The fourth-order valence-electron chi connectivity index (χ4n) is 1.83. The largest absolute Gasteiger partial charge is 0.506 e. The van der Waals surface area contributed by atoms with Gasteiger partial charge in [0.05, 0.1) is 5.56 Å². The van der Waals surface area contributed by atoms with E-state index in [0.717, 1.165) is 5.39 Å². The average molecular weight is 243 g/mol. The molecule has 0 saturated heterocycles. The Labute approximate surface area is 106 Å². The van der Waals surface area contributed by atoms with Gasteiger partial charge in [-0.05, 0) is 17.4 Å². The fraction of sp³-hybridized carbons (Fsp3) is 0.267. The van der Waals surface area contributed by atoms with Crippen LogP contribution >= 0.6 is 0 Å². The highest BCUT2D eigenvalue weighted by Gasteiger charge is 2.13. The van der Waals surface area contributed by atoms with E-state index in [-0.39, 0.29) is 11.7 Å². The number of amides is 1. The zero-order chi connectivity index (χ0) is 13.1. The Morgan fingerprint density at radius 2 is 1.94 bits per heavy atom. The second-order valence-corrected chi connectivity index (χ2v) is 4.79. The van der Waals surface area contributed by atoms with E-state index in [4.69, 9.17) is 0 Å². The quantitative estimate of drug-likeness (QED) is 0.870.